The van der Waals surface area contributed by atoms with Gasteiger partial charge in [-0.15, -0.1) is 0 Å². The SMILES string of the molecule is C=C(C)/C(CC)=C(\C(=C)C)C(C)(C)S. The van der Waals surface area contributed by atoms with Crippen molar-refractivity contribution in [1.82, 2.24) is 0 Å². The Morgan fingerprint density at radius 2 is 1.57 bits per heavy atom. The molecule has 0 saturated heterocycles. The fourth-order valence-electron chi connectivity index (χ4n) is 1.84. The van der Waals surface area contributed by atoms with Crippen molar-refractivity contribution in [1.29, 1.82) is 0 Å². The van der Waals surface area contributed by atoms with Gasteiger partial charge in [0.1, 0.15) is 0 Å². The lowest BCUT2D eigenvalue weighted by Gasteiger charge is -2.26. The van der Waals surface area contributed by atoms with Gasteiger partial charge < -0.3 is 0 Å². The predicted octanol–water partition coefficient (Wildman–Crippen LogP) is 4.55. The molecule has 0 bridgehead atoms. The van der Waals surface area contributed by atoms with E-state index in [2.05, 4.69) is 46.6 Å². The van der Waals surface area contributed by atoms with Crippen LogP contribution >= 0.6 is 12.6 Å². The largest absolute Gasteiger partial charge is 0.168 e. The van der Waals surface area contributed by atoms with Crippen LogP contribution in [-0.2, 0) is 0 Å². The van der Waals surface area contributed by atoms with Crippen LogP contribution in [0.5, 0.6) is 0 Å². The Labute approximate surface area is 94.2 Å². The van der Waals surface area contributed by atoms with E-state index in [1.807, 2.05) is 13.8 Å². The summed E-state index contributed by atoms with van der Waals surface area (Å²) in [6.45, 7) is 18.4. The van der Waals surface area contributed by atoms with Gasteiger partial charge in [0, 0.05) is 4.75 Å². The number of hydrogen-bond donors (Lipinski definition) is 1. The average molecular weight is 210 g/mol. The van der Waals surface area contributed by atoms with E-state index in [1.54, 1.807) is 0 Å². The third-order valence-corrected chi connectivity index (χ3v) is 2.43. The standard InChI is InChI=1S/C13H22S/c1-8-11(9(2)3)12(10(4)5)13(6,7)14/h14H,2,4,8H2,1,3,5-7H3/b12-11+. The van der Waals surface area contributed by atoms with Gasteiger partial charge in [-0.3, -0.25) is 0 Å². The number of thiol groups is 1. The fraction of sp³-hybridized carbons (Fsp3) is 0.538. The van der Waals surface area contributed by atoms with E-state index >= 15 is 0 Å². The van der Waals surface area contributed by atoms with E-state index in [0.29, 0.717) is 0 Å². The van der Waals surface area contributed by atoms with Crippen molar-refractivity contribution < 1.29 is 0 Å². The molecule has 1 heteroatoms. The van der Waals surface area contributed by atoms with Crippen LogP contribution in [0, 0.1) is 0 Å². The number of allylic oxidation sites excluding steroid dienone is 3. The zero-order chi connectivity index (χ0) is 11.5. The monoisotopic (exact) mass is 210 g/mol. The molecular formula is C13H22S. The molecule has 0 saturated carbocycles. The maximum absolute atomic E-state index is 4.62. The Balaban J connectivity index is 5.57. The number of rotatable bonds is 4. The van der Waals surface area contributed by atoms with E-state index in [1.165, 1.54) is 11.1 Å². The lowest BCUT2D eigenvalue weighted by Crippen LogP contribution is -2.17. The van der Waals surface area contributed by atoms with Crippen LogP contribution in [-0.4, -0.2) is 4.75 Å². The third-order valence-electron chi connectivity index (χ3n) is 2.21. The van der Waals surface area contributed by atoms with Gasteiger partial charge in [0.05, 0.1) is 0 Å². The first-order valence-electron chi connectivity index (χ1n) is 4.99. The summed E-state index contributed by atoms with van der Waals surface area (Å²) >= 11 is 4.62. The lowest BCUT2D eigenvalue weighted by atomic mass is 9.87. The molecule has 0 unspecified atom stereocenters. The molecule has 0 amide bonds. The molecule has 0 fully saturated rings. The lowest BCUT2D eigenvalue weighted by molar-refractivity contribution is 0.826. The Bertz CT molecular complexity index is 274. The van der Waals surface area contributed by atoms with Crippen molar-refractivity contribution in [2.24, 2.45) is 0 Å². The van der Waals surface area contributed by atoms with Crippen molar-refractivity contribution in [3.63, 3.8) is 0 Å². The Morgan fingerprint density at radius 3 is 1.64 bits per heavy atom. The minimum atomic E-state index is -0.143. The van der Waals surface area contributed by atoms with Crippen LogP contribution in [0.1, 0.15) is 41.0 Å². The molecule has 0 heterocycles. The van der Waals surface area contributed by atoms with E-state index in [4.69, 9.17) is 0 Å². The maximum atomic E-state index is 4.62. The van der Waals surface area contributed by atoms with Crippen LogP contribution in [0.4, 0.5) is 0 Å². The zero-order valence-electron chi connectivity index (χ0n) is 10.1. The molecule has 0 spiro atoms. The molecular weight excluding hydrogens is 188 g/mol. The zero-order valence-corrected chi connectivity index (χ0v) is 11.0. The molecule has 0 aliphatic heterocycles. The van der Waals surface area contributed by atoms with E-state index in [0.717, 1.165) is 17.6 Å². The van der Waals surface area contributed by atoms with Crippen molar-refractivity contribution in [2.45, 2.75) is 45.8 Å². The summed E-state index contributed by atoms with van der Waals surface area (Å²) < 4.78 is -0.143. The molecule has 0 aliphatic carbocycles. The first-order chi connectivity index (χ1) is 6.21. The van der Waals surface area contributed by atoms with Crippen molar-refractivity contribution >= 4 is 12.6 Å². The summed E-state index contributed by atoms with van der Waals surface area (Å²) in [5.41, 5.74) is 4.73. The highest BCUT2D eigenvalue weighted by molar-refractivity contribution is 7.82. The van der Waals surface area contributed by atoms with E-state index < -0.39 is 0 Å². The minimum absolute atomic E-state index is 0.143. The molecule has 0 rings (SSSR count). The molecule has 0 aliphatic rings. The van der Waals surface area contributed by atoms with Gasteiger partial charge in [-0.2, -0.15) is 12.6 Å². The molecule has 14 heavy (non-hydrogen) atoms. The third kappa shape index (κ3) is 3.38. The van der Waals surface area contributed by atoms with Crippen LogP contribution < -0.4 is 0 Å². The second kappa shape index (κ2) is 4.88. The van der Waals surface area contributed by atoms with Crippen LogP contribution in [0.3, 0.4) is 0 Å². The van der Waals surface area contributed by atoms with Crippen molar-refractivity contribution in [2.75, 3.05) is 0 Å². The Morgan fingerprint density at radius 1 is 1.14 bits per heavy atom. The van der Waals surface area contributed by atoms with Gasteiger partial charge in [0.15, 0.2) is 0 Å². The molecule has 0 aromatic rings. The normalized spacial score (nSPS) is 13.6. The van der Waals surface area contributed by atoms with E-state index in [-0.39, 0.29) is 4.75 Å². The summed E-state index contributed by atoms with van der Waals surface area (Å²) in [6, 6.07) is 0. The first-order valence-corrected chi connectivity index (χ1v) is 5.44. The van der Waals surface area contributed by atoms with Gasteiger partial charge in [-0.05, 0) is 45.3 Å². The first kappa shape index (κ1) is 13.6. The highest BCUT2D eigenvalue weighted by Crippen LogP contribution is 2.34. The molecule has 0 radical (unpaired) electrons. The van der Waals surface area contributed by atoms with Gasteiger partial charge in [0.25, 0.3) is 0 Å². The molecule has 0 nitrogen and oxygen atoms in total. The van der Waals surface area contributed by atoms with E-state index in [9.17, 15) is 0 Å². The highest BCUT2D eigenvalue weighted by Gasteiger charge is 2.22. The summed E-state index contributed by atoms with van der Waals surface area (Å²) in [5, 5.41) is 0. The van der Waals surface area contributed by atoms with Gasteiger partial charge >= 0.3 is 0 Å². The van der Waals surface area contributed by atoms with Gasteiger partial charge in [-0.1, -0.05) is 31.2 Å². The molecule has 80 valence electrons. The summed E-state index contributed by atoms with van der Waals surface area (Å²) in [4.78, 5) is 0. The van der Waals surface area contributed by atoms with Crippen molar-refractivity contribution in [3.8, 4) is 0 Å². The maximum Gasteiger partial charge on any atom is 0.0327 e. The summed E-state index contributed by atoms with van der Waals surface area (Å²) in [6.07, 6.45) is 0.988. The smallest absolute Gasteiger partial charge is 0.0327 e. The highest BCUT2D eigenvalue weighted by atomic mass is 32.1. The second-order valence-corrected chi connectivity index (χ2v) is 5.44. The molecule has 0 aromatic carbocycles. The molecule has 0 N–H and O–H groups in total. The van der Waals surface area contributed by atoms with Crippen LogP contribution in [0.2, 0.25) is 0 Å². The summed E-state index contributed by atoms with van der Waals surface area (Å²) in [7, 11) is 0. The predicted molar refractivity (Wildman–Crippen MR) is 70.0 cm³/mol. The minimum Gasteiger partial charge on any atom is -0.168 e. The second-order valence-electron chi connectivity index (χ2n) is 4.33. The summed E-state index contributed by atoms with van der Waals surface area (Å²) in [5.74, 6) is 0. The van der Waals surface area contributed by atoms with Crippen LogP contribution in [0.15, 0.2) is 35.5 Å². The topological polar surface area (TPSA) is 0 Å². The molecule has 0 aromatic heterocycles. The average Bonchev–Trinajstić information content (AvgIpc) is 1.95. The molecule has 0 atom stereocenters. The fourth-order valence-corrected chi connectivity index (χ4v) is 2.17. The number of hydrogen-bond acceptors (Lipinski definition) is 1. The quantitative estimate of drug-likeness (QED) is 0.510. The van der Waals surface area contributed by atoms with Gasteiger partial charge in [-0.25, -0.2) is 0 Å². The van der Waals surface area contributed by atoms with Crippen molar-refractivity contribution in [3.05, 3.63) is 35.5 Å². The Hall–Kier alpha value is -0.430. The Kier molecular flexibility index (Phi) is 4.73. The van der Waals surface area contributed by atoms with Gasteiger partial charge in [0.2, 0.25) is 0 Å². The van der Waals surface area contributed by atoms with Crippen LogP contribution in [0.25, 0.3) is 0 Å².